The number of hydrogen-bond donors (Lipinski definition) is 1. The van der Waals surface area contributed by atoms with Crippen LogP contribution in [-0.2, 0) is 0 Å². The van der Waals surface area contributed by atoms with E-state index in [1.165, 1.54) is 0 Å². The van der Waals surface area contributed by atoms with Crippen molar-refractivity contribution in [2.24, 2.45) is 0 Å². The second kappa shape index (κ2) is 7.61. The van der Waals surface area contributed by atoms with Gasteiger partial charge in [-0.05, 0) is 6.92 Å². The van der Waals surface area contributed by atoms with Gasteiger partial charge in [0.1, 0.15) is 12.1 Å². The minimum Gasteiger partial charge on any atom is -0.397 e. The van der Waals surface area contributed by atoms with E-state index in [0.29, 0.717) is 0 Å². The van der Waals surface area contributed by atoms with E-state index in [0.717, 1.165) is 0 Å². The Bertz CT molecular complexity index is 461. The highest BCUT2D eigenvalue weighted by molar-refractivity contribution is 6.50. The molecule has 0 fully saturated rings. The lowest BCUT2D eigenvalue weighted by molar-refractivity contribution is 0.318. The molecule has 3 nitrogen and oxygen atoms in total. The van der Waals surface area contributed by atoms with E-state index in [-0.39, 0.29) is 37.8 Å². The molecule has 7 heteroatoms. The molecular formula is C10H6Cl4N2O. The molecule has 1 N–H and O–H groups in total. The number of benzene rings is 1. The molecule has 0 amide bonds. The Hall–Kier alpha value is -0.680. The quantitative estimate of drug-likeness (QED) is 0.580. The molecule has 0 unspecified atom stereocenters. The van der Waals surface area contributed by atoms with Gasteiger partial charge in [0.15, 0.2) is 0 Å². The van der Waals surface area contributed by atoms with Crippen molar-refractivity contribution >= 4 is 46.4 Å². The van der Waals surface area contributed by atoms with Crippen LogP contribution < -0.4 is 0 Å². The van der Waals surface area contributed by atoms with Gasteiger partial charge in [0.25, 0.3) is 0 Å². The Morgan fingerprint density at radius 2 is 1.18 bits per heavy atom. The topological polar surface area (TPSA) is 67.8 Å². The summed E-state index contributed by atoms with van der Waals surface area (Å²) in [6.07, 6.45) is 0. The van der Waals surface area contributed by atoms with Crippen LogP contribution in [0.5, 0.6) is 0 Å². The van der Waals surface area contributed by atoms with Crippen molar-refractivity contribution in [1.29, 1.82) is 10.5 Å². The van der Waals surface area contributed by atoms with Gasteiger partial charge in [-0.1, -0.05) is 46.4 Å². The van der Waals surface area contributed by atoms with Crippen LogP contribution in [0.3, 0.4) is 0 Å². The van der Waals surface area contributed by atoms with Crippen LogP contribution in [0.15, 0.2) is 0 Å². The normalized spacial score (nSPS) is 8.71. The van der Waals surface area contributed by atoms with Crippen LogP contribution in [-0.4, -0.2) is 11.7 Å². The largest absolute Gasteiger partial charge is 0.397 e. The van der Waals surface area contributed by atoms with Gasteiger partial charge in [0.05, 0.1) is 31.2 Å². The van der Waals surface area contributed by atoms with Crippen molar-refractivity contribution < 1.29 is 5.11 Å². The maximum absolute atomic E-state index is 8.70. The third-order valence-corrected chi connectivity index (χ3v) is 3.19. The highest BCUT2D eigenvalue weighted by Crippen LogP contribution is 2.40. The molecule has 0 spiro atoms. The summed E-state index contributed by atoms with van der Waals surface area (Å²) in [5.74, 6) is 0. The molecule has 1 aromatic carbocycles. The van der Waals surface area contributed by atoms with Gasteiger partial charge < -0.3 is 5.11 Å². The van der Waals surface area contributed by atoms with Crippen LogP contribution in [0.2, 0.25) is 20.1 Å². The van der Waals surface area contributed by atoms with Gasteiger partial charge in [-0.15, -0.1) is 0 Å². The van der Waals surface area contributed by atoms with Crippen molar-refractivity contribution in [3.8, 4) is 12.1 Å². The smallest absolute Gasteiger partial charge is 0.102 e. The molecule has 90 valence electrons. The predicted octanol–water partition coefficient (Wildman–Crippen LogP) is 4.04. The van der Waals surface area contributed by atoms with Crippen molar-refractivity contribution in [3.05, 3.63) is 31.2 Å². The molecule has 0 saturated heterocycles. The summed E-state index contributed by atoms with van der Waals surface area (Å²) >= 11 is 22.8. The van der Waals surface area contributed by atoms with Crippen LogP contribution >= 0.6 is 46.4 Å². The fourth-order valence-electron chi connectivity index (χ4n) is 0.830. The van der Waals surface area contributed by atoms with E-state index in [9.17, 15) is 0 Å². The maximum Gasteiger partial charge on any atom is 0.102 e. The van der Waals surface area contributed by atoms with Gasteiger partial charge in [-0.3, -0.25) is 0 Å². The average Bonchev–Trinajstić information content (AvgIpc) is 2.29. The monoisotopic (exact) mass is 310 g/mol. The molecule has 0 atom stereocenters. The molecule has 0 aliphatic rings. The van der Waals surface area contributed by atoms with Crippen LogP contribution in [0.4, 0.5) is 0 Å². The van der Waals surface area contributed by atoms with E-state index in [1.54, 1.807) is 19.1 Å². The first-order chi connectivity index (χ1) is 7.95. The molecular weight excluding hydrogens is 306 g/mol. The van der Waals surface area contributed by atoms with E-state index in [2.05, 4.69) is 0 Å². The number of hydrogen-bond acceptors (Lipinski definition) is 3. The van der Waals surface area contributed by atoms with Gasteiger partial charge in [0, 0.05) is 6.61 Å². The lowest BCUT2D eigenvalue weighted by atomic mass is 10.1. The van der Waals surface area contributed by atoms with Crippen molar-refractivity contribution in [2.75, 3.05) is 6.61 Å². The summed E-state index contributed by atoms with van der Waals surface area (Å²) in [6.45, 7) is 1.93. The fraction of sp³-hybridized carbons (Fsp3) is 0.200. The SMILES string of the molecule is CCO.N#Cc1c(Cl)c(Cl)c(Cl)c(C#N)c1Cl. The third-order valence-electron chi connectivity index (χ3n) is 1.49. The molecule has 0 saturated carbocycles. The minimum absolute atomic E-state index is 0.0363. The summed E-state index contributed by atoms with van der Waals surface area (Å²) in [4.78, 5) is 0. The molecule has 17 heavy (non-hydrogen) atoms. The summed E-state index contributed by atoms with van der Waals surface area (Å²) in [5.41, 5.74) is -0.0847. The summed E-state index contributed by atoms with van der Waals surface area (Å²) in [6, 6.07) is 3.50. The molecule has 0 aliphatic heterocycles. The number of nitrogens with zero attached hydrogens (tertiary/aromatic N) is 2. The Kier molecular flexibility index (Phi) is 7.30. The number of nitriles is 2. The Labute approximate surface area is 119 Å². The van der Waals surface area contributed by atoms with Crippen LogP contribution in [0.25, 0.3) is 0 Å². The van der Waals surface area contributed by atoms with Crippen molar-refractivity contribution in [3.63, 3.8) is 0 Å². The Balaban J connectivity index is 0.000000770. The lowest BCUT2D eigenvalue weighted by Gasteiger charge is -2.05. The number of aliphatic hydroxyl groups is 1. The van der Waals surface area contributed by atoms with E-state index < -0.39 is 0 Å². The maximum atomic E-state index is 8.70. The van der Waals surface area contributed by atoms with Gasteiger partial charge >= 0.3 is 0 Å². The first-order valence-corrected chi connectivity index (χ1v) is 5.74. The third kappa shape index (κ3) is 3.64. The van der Waals surface area contributed by atoms with E-state index >= 15 is 0 Å². The second-order valence-corrected chi connectivity index (χ2v) is 4.06. The number of halogens is 4. The van der Waals surface area contributed by atoms with E-state index in [4.69, 9.17) is 62.0 Å². The van der Waals surface area contributed by atoms with E-state index in [1.807, 2.05) is 0 Å². The Morgan fingerprint density at radius 3 is 1.41 bits per heavy atom. The predicted molar refractivity (Wildman–Crippen MR) is 68.7 cm³/mol. The molecule has 0 bridgehead atoms. The first-order valence-electron chi connectivity index (χ1n) is 4.23. The van der Waals surface area contributed by atoms with Gasteiger partial charge in [-0.2, -0.15) is 10.5 Å². The summed E-state index contributed by atoms with van der Waals surface area (Å²) in [7, 11) is 0. The zero-order valence-electron chi connectivity index (χ0n) is 8.56. The number of aliphatic hydroxyl groups excluding tert-OH is 1. The average molecular weight is 312 g/mol. The van der Waals surface area contributed by atoms with Gasteiger partial charge in [-0.25, -0.2) is 0 Å². The molecule has 1 aromatic rings. The standard InChI is InChI=1S/C8Cl4N2.C2H6O/c9-5-3(1-13)6(10)8(12)7(11)4(5)2-14;1-2-3/h;3H,2H2,1H3. The van der Waals surface area contributed by atoms with Crippen molar-refractivity contribution in [2.45, 2.75) is 6.92 Å². The second-order valence-electron chi connectivity index (χ2n) is 2.55. The van der Waals surface area contributed by atoms with Crippen molar-refractivity contribution in [1.82, 2.24) is 0 Å². The molecule has 0 heterocycles. The zero-order valence-corrected chi connectivity index (χ0v) is 11.6. The molecule has 1 rings (SSSR count). The van der Waals surface area contributed by atoms with Crippen LogP contribution in [0.1, 0.15) is 18.1 Å². The van der Waals surface area contributed by atoms with Crippen LogP contribution in [0, 0.1) is 22.7 Å². The van der Waals surface area contributed by atoms with Gasteiger partial charge in [0.2, 0.25) is 0 Å². The minimum atomic E-state index is -0.0746. The Morgan fingerprint density at radius 1 is 0.882 bits per heavy atom. The highest BCUT2D eigenvalue weighted by Gasteiger charge is 2.19. The first kappa shape index (κ1) is 16.3. The number of rotatable bonds is 0. The lowest BCUT2D eigenvalue weighted by Crippen LogP contribution is -1.89. The molecule has 0 aromatic heterocycles. The summed E-state index contributed by atoms with van der Waals surface area (Å²) < 4.78 is 0. The molecule has 0 aliphatic carbocycles. The zero-order chi connectivity index (χ0) is 13.6. The summed E-state index contributed by atoms with van der Waals surface area (Å²) in [5, 5.41) is 24.8. The molecule has 0 radical (unpaired) electrons. The highest BCUT2D eigenvalue weighted by atomic mass is 35.5. The fourth-order valence-corrected chi connectivity index (χ4v) is 1.90.